The molecule has 1 aromatic rings. The molecule has 6 heteroatoms. The lowest BCUT2D eigenvalue weighted by Crippen LogP contribution is -2.58. The molecule has 0 spiro atoms. The molecule has 1 fully saturated rings. The van der Waals surface area contributed by atoms with E-state index in [0.29, 0.717) is 18.6 Å². The van der Waals surface area contributed by atoms with Crippen LogP contribution in [0.1, 0.15) is 48.9 Å². The molecule has 0 aliphatic carbocycles. The molecule has 4 N–H and O–H groups in total. The van der Waals surface area contributed by atoms with E-state index in [4.69, 9.17) is 9.47 Å². The van der Waals surface area contributed by atoms with Crippen LogP contribution in [0.2, 0.25) is 0 Å². The van der Waals surface area contributed by atoms with Crippen LogP contribution in [0.15, 0.2) is 0 Å². The number of benzene rings is 1. The Labute approximate surface area is 154 Å². The lowest BCUT2D eigenvalue weighted by Gasteiger charge is -2.44. The van der Waals surface area contributed by atoms with Gasteiger partial charge in [-0.1, -0.05) is 0 Å². The number of hydrogen-bond acceptors (Lipinski definition) is 6. The van der Waals surface area contributed by atoms with Crippen molar-refractivity contribution in [3.63, 3.8) is 0 Å². The number of phenolic OH excluding ortho intramolecular Hbond substituents is 1. The molecule has 0 saturated carbocycles. The first-order valence-electron chi connectivity index (χ1n) is 9.26. The van der Waals surface area contributed by atoms with E-state index >= 15 is 0 Å². The molecule has 6 nitrogen and oxygen atoms in total. The van der Waals surface area contributed by atoms with Crippen molar-refractivity contribution < 1.29 is 29.9 Å². The van der Waals surface area contributed by atoms with Crippen LogP contribution in [0.25, 0.3) is 0 Å². The number of phenols is 1. The second-order valence-corrected chi connectivity index (χ2v) is 8.14. The minimum Gasteiger partial charge on any atom is -0.507 e. The van der Waals surface area contributed by atoms with Gasteiger partial charge in [0.25, 0.3) is 0 Å². The molecular weight excluding hydrogens is 336 g/mol. The second-order valence-electron chi connectivity index (χ2n) is 8.14. The number of aliphatic hydroxyl groups excluding tert-OH is 3. The summed E-state index contributed by atoms with van der Waals surface area (Å²) in [6, 6.07) is 0. The minimum atomic E-state index is -1.23. The fraction of sp³-hybridized carbons (Fsp3) is 0.700. The molecule has 2 aliphatic rings. The Morgan fingerprint density at radius 3 is 2.31 bits per heavy atom. The standard InChI is InChI=1S/C20H30O6/c1-9-10(2)19-13(11(3)15(9)21)6-7-20(5,26-19)8-14-17(23)18(24)16(22)12(4)25-14/h12,14,16-18,21-24H,6-8H2,1-5H3/t12-,14+,16+,17+,18+,20?/m0/s1. The summed E-state index contributed by atoms with van der Waals surface area (Å²) in [5.74, 6) is 1.12. The SMILES string of the molecule is Cc1c(C)c2c(c(C)c1O)CCC(C)(C[C@H]1O[C@@H](C)[C@@H](O)[C@@H](O)[C@@H]1O)O2. The molecule has 1 aromatic carbocycles. The molecule has 0 amide bonds. The second kappa shape index (κ2) is 6.68. The van der Waals surface area contributed by atoms with E-state index in [1.54, 1.807) is 6.92 Å². The molecule has 1 unspecified atom stereocenters. The Kier molecular flexibility index (Phi) is 4.99. The molecule has 2 aliphatic heterocycles. The van der Waals surface area contributed by atoms with Crippen molar-refractivity contribution in [2.45, 2.75) is 90.0 Å². The van der Waals surface area contributed by atoms with E-state index in [1.165, 1.54) is 0 Å². The highest BCUT2D eigenvalue weighted by atomic mass is 16.5. The fourth-order valence-electron chi connectivity index (χ4n) is 4.17. The maximum Gasteiger partial charge on any atom is 0.127 e. The third-order valence-corrected chi connectivity index (χ3v) is 6.18. The Hall–Kier alpha value is -1.34. The minimum absolute atomic E-state index is 0.324. The monoisotopic (exact) mass is 366 g/mol. The summed E-state index contributed by atoms with van der Waals surface area (Å²) in [6.45, 7) is 9.38. The Bertz CT molecular complexity index is 702. The van der Waals surface area contributed by atoms with Crippen LogP contribution in [-0.4, -0.2) is 56.5 Å². The van der Waals surface area contributed by atoms with Gasteiger partial charge in [0.15, 0.2) is 0 Å². The number of rotatable bonds is 2. The van der Waals surface area contributed by atoms with Gasteiger partial charge in [0.2, 0.25) is 0 Å². The zero-order chi connectivity index (χ0) is 19.4. The van der Waals surface area contributed by atoms with Gasteiger partial charge in [0.05, 0.1) is 12.2 Å². The number of ether oxygens (including phenoxy) is 2. The van der Waals surface area contributed by atoms with E-state index < -0.39 is 36.1 Å². The number of aromatic hydroxyl groups is 1. The highest BCUT2D eigenvalue weighted by Gasteiger charge is 2.46. The van der Waals surface area contributed by atoms with Crippen LogP contribution in [-0.2, 0) is 11.2 Å². The molecule has 1 saturated heterocycles. The maximum absolute atomic E-state index is 10.3. The summed E-state index contributed by atoms with van der Waals surface area (Å²) in [7, 11) is 0. The average molecular weight is 366 g/mol. The summed E-state index contributed by atoms with van der Waals surface area (Å²) in [5.41, 5.74) is 3.04. The molecular formula is C20H30O6. The average Bonchev–Trinajstić information content (AvgIpc) is 2.60. The van der Waals surface area contributed by atoms with Crippen LogP contribution in [0.4, 0.5) is 0 Å². The molecule has 0 radical (unpaired) electrons. The summed E-state index contributed by atoms with van der Waals surface area (Å²) >= 11 is 0. The van der Waals surface area contributed by atoms with Crippen LogP contribution in [0.3, 0.4) is 0 Å². The number of fused-ring (bicyclic) bond motifs is 1. The fourth-order valence-corrected chi connectivity index (χ4v) is 4.17. The molecule has 146 valence electrons. The first kappa shape index (κ1) is 19.4. The van der Waals surface area contributed by atoms with Gasteiger partial charge in [-0.2, -0.15) is 0 Å². The Morgan fingerprint density at radius 2 is 1.65 bits per heavy atom. The van der Waals surface area contributed by atoms with Crippen LogP contribution >= 0.6 is 0 Å². The summed E-state index contributed by atoms with van der Waals surface area (Å²) < 4.78 is 12.1. The third kappa shape index (κ3) is 3.09. The number of aliphatic hydroxyl groups is 3. The highest BCUT2D eigenvalue weighted by Crippen LogP contribution is 2.45. The van der Waals surface area contributed by atoms with Crippen LogP contribution in [0, 0.1) is 20.8 Å². The summed E-state index contributed by atoms with van der Waals surface area (Å²) in [4.78, 5) is 0. The lowest BCUT2D eigenvalue weighted by molar-refractivity contribution is -0.226. The van der Waals surface area contributed by atoms with Crippen molar-refractivity contribution >= 4 is 0 Å². The zero-order valence-corrected chi connectivity index (χ0v) is 16.1. The van der Waals surface area contributed by atoms with Gasteiger partial charge in [-0.15, -0.1) is 0 Å². The molecule has 3 rings (SSSR count). The van der Waals surface area contributed by atoms with Crippen molar-refractivity contribution in [1.82, 2.24) is 0 Å². The summed E-state index contributed by atoms with van der Waals surface area (Å²) in [5, 5.41) is 40.5. The normalized spacial score (nSPS) is 37.2. The molecule has 26 heavy (non-hydrogen) atoms. The van der Waals surface area contributed by atoms with E-state index in [1.807, 2.05) is 27.7 Å². The van der Waals surface area contributed by atoms with Crippen LogP contribution in [0.5, 0.6) is 11.5 Å². The Balaban J connectivity index is 1.85. The molecule has 0 aromatic heterocycles. The van der Waals surface area contributed by atoms with Gasteiger partial charge in [0, 0.05) is 12.0 Å². The first-order valence-corrected chi connectivity index (χ1v) is 9.26. The molecule has 2 heterocycles. The van der Waals surface area contributed by atoms with Gasteiger partial charge >= 0.3 is 0 Å². The predicted molar refractivity (Wildman–Crippen MR) is 96.6 cm³/mol. The zero-order valence-electron chi connectivity index (χ0n) is 16.1. The third-order valence-electron chi connectivity index (χ3n) is 6.18. The topological polar surface area (TPSA) is 99.4 Å². The van der Waals surface area contributed by atoms with E-state index in [2.05, 4.69) is 0 Å². The van der Waals surface area contributed by atoms with Gasteiger partial charge in [-0.25, -0.2) is 0 Å². The maximum atomic E-state index is 10.3. The van der Waals surface area contributed by atoms with Crippen molar-refractivity contribution in [1.29, 1.82) is 0 Å². The number of hydrogen-bond donors (Lipinski definition) is 4. The van der Waals surface area contributed by atoms with Crippen LogP contribution < -0.4 is 4.74 Å². The largest absolute Gasteiger partial charge is 0.507 e. The van der Waals surface area contributed by atoms with Crippen molar-refractivity contribution in [2.75, 3.05) is 0 Å². The smallest absolute Gasteiger partial charge is 0.127 e. The van der Waals surface area contributed by atoms with Gasteiger partial charge in [-0.3, -0.25) is 0 Å². The van der Waals surface area contributed by atoms with Gasteiger partial charge < -0.3 is 29.9 Å². The lowest BCUT2D eigenvalue weighted by atomic mass is 9.82. The predicted octanol–water partition coefficient (Wildman–Crippen LogP) is 1.66. The van der Waals surface area contributed by atoms with E-state index in [0.717, 1.165) is 34.4 Å². The van der Waals surface area contributed by atoms with Crippen molar-refractivity contribution in [3.8, 4) is 11.5 Å². The quantitative estimate of drug-likeness (QED) is 0.635. The molecule has 0 bridgehead atoms. The summed E-state index contributed by atoms with van der Waals surface area (Å²) in [6.07, 6.45) is -2.79. The van der Waals surface area contributed by atoms with Gasteiger partial charge in [0.1, 0.15) is 35.4 Å². The van der Waals surface area contributed by atoms with E-state index in [9.17, 15) is 20.4 Å². The molecule has 6 atom stereocenters. The van der Waals surface area contributed by atoms with Crippen molar-refractivity contribution in [3.05, 3.63) is 22.3 Å². The Morgan fingerprint density at radius 1 is 1.00 bits per heavy atom. The highest BCUT2D eigenvalue weighted by molar-refractivity contribution is 5.58. The first-order chi connectivity index (χ1) is 12.1. The van der Waals surface area contributed by atoms with Gasteiger partial charge in [-0.05, 0) is 64.2 Å². The van der Waals surface area contributed by atoms with E-state index in [-0.39, 0.29) is 0 Å². The van der Waals surface area contributed by atoms with Crippen molar-refractivity contribution in [2.24, 2.45) is 0 Å².